The predicted octanol–water partition coefficient (Wildman–Crippen LogP) is 1.42. The summed E-state index contributed by atoms with van der Waals surface area (Å²) in [5, 5.41) is 17.7. The van der Waals surface area contributed by atoms with E-state index in [0.29, 0.717) is 0 Å². The van der Waals surface area contributed by atoms with Gasteiger partial charge in [-0.2, -0.15) is 0 Å². The largest absolute Gasteiger partial charge is 0.481 e. The maximum Gasteiger partial charge on any atom is 0.305 e. The fraction of sp³-hybridized carbons (Fsp3) is 0.667. The summed E-state index contributed by atoms with van der Waals surface area (Å²) in [6.07, 6.45) is 3.64. The third kappa shape index (κ3) is 4.91. The molecule has 0 unspecified atom stereocenters. The zero-order chi connectivity index (χ0) is 9.56. The Morgan fingerprint density at radius 3 is 2.58 bits per heavy atom. The Balaban J connectivity index is 3.75. The van der Waals surface area contributed by atoms with Gasteiger partial charge in [0.1, 0.15) is 0 Å². The summed E-state index contributed by atoms with van der Waals surface area (Å²) in [5.74, 6) is -0.938. The topological polar surface area (TPSA) is 57.5 Å². The molecule has 0 aromatic carbocycles. The Morgan fingerprint density at radius 1 is 1.58 bits per heavy atom. The first-order valence-electron chi connectivity index (χ1n) is 4.09. The van der Waals surface area contributed by atoms with Gasteiger partial charge in [-0.1, -0.05) is 19.1 Å². The number of rotatable bonds is 5. The van der Waals surface area contributed by atoms with Gasteiger partial charge in [-0.05, 0) is 19.3 Å². The van der Waals surface area contributed by atoms with Crippen LogP contribution in [0.1, 0.15) is 26.7 Å². The van der Waals surface area contributed by atoms with Gasteiger partial charge in [-0.3, -0.25) is 4.79 Å². The fourth-order valence-corrected chi connectivity index (χ4v) is 0.888. The highest BCUT2D eigenvalue weighted by atomic mass is 16.4. The number of aliphatic carboxylic acids is 1. The fourth-order valence-electron chi connectivity index (χ4n) is 0.888. The Kier molecular flexibility index (Phi) is 5.37. The number of carboxylic acid groups (broad SMARTS) is 1. The van der Waals surface area contributed by atoms with E-state index in [0.717, 1.165) is 6.42 Å². The molecular formula is C9H16O3. The average Bonchev–Trinajstić information content (AvgIpc) is 1.98. The summed E-state index contributed by atoms with van der Waals surface area (Å²) in [5.41, 5.74) is 0. The van der Waals surface area contributed by atoms with Crippen molar-refractivity contribution in [2.24, 2.45) is 5.92 Å². The molecule has 0 amide bonds. The lowest BCUT2D eigenvalue weighted by Gasteiger charge is -2.14. The van der Waals surface area contributed by atoms with Crippen molar-refractivity contribution in [1.29, 1.82) is 0 Å². The van der Waals surface area contributed by atoms with Crippen LogP contribution in [0.3, 0.4) is 0 Å². The number of carboxylic acids is 1. The molecule has 0 aliphatic heterocycles. The van der Waals surface area contributed by atoms with Gasteiger partial charge >= 0.3 is 5.97 Å². The third-order valence-corrected chi connectivity index (χ3v) is 1.78. The summed E-state index contributed by atoms with van der Waals surface area (Å²) in [7, 11) is 0. The van der Waals surface area contributed by atoms with Crippen LogP contribution in [0.5, 0.6) is 0 Å². The summed E-state index contributed by atoms with van der Waals surface area (Å²) in [4.78, 5) is 10.2. The normalized spacial score (nSPS) is 16.2. The second-order valence-corrected chi connectivity index (χ2v) is 2.95. The molecule has 12 heavy (non-hydrogen) atoms. The van der Waals surface area contributed by atoms with Crippen LogP contribution in [0, 0.1) is 5.92 Å². The van der Waals surface area contributed by atoms with E-state index in [-0.39, 0.29) is 12.3 Å². The molecule has 0 aromatic heterocycles. The Labute approximate surface area is 72.7 Å². The van der Waals surface area contributed by atoms with Gasteiger partial charge in [-0.25, -0.2) is 0 Å². The number of aliphatic hydroxyl groups excluding tert-OH is 1. The van der Waals surface area contributed by atoms with Crippen molar-refractivity contribution in [2.75, 3.05) is 0 Å². The number of hydrogen-bond acceptors (Lipinski definition) is 2. The van der Waals surface area contributed by atoms with Gasteiger partial charge in [0, 0.05) is 0 Å². The van der Waals surface area contributed by atoms with E-state index in [1.54, 1.807) is 0 Å². The van der Waals surface area contributed by atoms with Gasteiger partial charge in [0.25, 0.3) is 0 Å². The van der Waals surface area contributed by atoms with Crippen molar-refractivity contribution < 1.29 is 15.0 Å². The highest BCUT2D eigenvalue weighted by Crippen LogP contribution is 2.11. The summed E-state index contributed by atoms with van der Waals surface area (Å²) < 4.78 is 0. The molecule has 3 heteroatoms. The number of carbonyl (C=O) groups is 1. The van der Waals surface area contributed by atoms with Gasteiger partial charge in [0.2, 0.25) is 0 Å². The molecule has 0 fully saturated rings. The molecule has 0 bridgehead atoms. The molecule has 70 valence electrons. The first-order chi connectivity index (χ1) is 5.57. The van der Waals surface area contributed by atoms with Crippen LogP contribution in [0.15, 0.2) is 12.2 Å². The molecule has 0 radical (unpaired) electrons. The molecule has 0 rings (SSSR count). The zero-order valence-electron chi connectivity index (χ0n) is 7.53. The van der Waals surface area contributed by atoms with Crippen LogP contribution in [0.2, 0.25) is 0 Å². The van der Waals surface area contributed by atoms with Crippen LogP contribution < -0.4 is 0 Å². The molecule has 2 N–H and O–H groups in total. The Morgan fingerprint density at radius 2 is 2.17 bits per heavy atom. The van der Waals surface area contributed by atoms with Crippen molar-refractivity contribution in [3.8, 4) is 0 Å². The van der Waals surface area contributed by atoms with Gasteiger partial charge in [-0.15, -0.1) is 0 Å². The van der Waals surface area contributed by atoms with Crippen LogP contribution in [0.25, 0.3) is 0 Å². The minimum Gasteiger partial charge on any atom is -0.481 e. The van der Waals surface area contributed by atoms with Crippen molar-refractivity contribution in [3.63, 3.8) is 0 Å². The van der Waals surface area contributed by atoms with Crippen molar-refractivity contribution in [3.05, 3.63) is 12.2 Å². The number of hydrogen-bond donors (Lipinski definition) is 2. The van der Waals surface area contributed by atoms with E-state index in [9.17, 15) is 9.90 Å². The lowest BCUT2D eigenvalue weighted by atomic mass is 9.98. The molecule has 0 saturated heterocycles. The second kappa shape index (κ2) is 5.77. The number of allylic oxidation sites excluding steroid dienone is 2. The maximum absolute atomic E-state index is 10.2. The lowest BCUT2D eigenvalue weighted by Crippen LogP contribution is -2.20. The Bertz CT molecular complexity index is 163. The molecular weight excluding hydrogens is 156 g/mol. The zero-order valence-corrected chi connectivity index (χ0v) is 7.53. The first-order valence-corrected chi connectivity index (χ1v) is 4.09. The monoisotopic (exact) mass is 172 g/mol. The standard InChI is InChI=1S/C9H16O3/c1-3-4-5-7(2)8(10)6-9(11)12/h3-4,7-8,10H,5-6H2,1-2H3,(H,11,12)/b4-3+/t7-,8-/m1/s1. The van der Waals surface area contributed by atoms with Gasteiger partial charge in [0.15, 0.2) is 0 Å². The quantitative estimate of drug-likeness (QED) is 0.617. The predicted molar refractivity (Wildman–Crippen MR) is 46.9 cm³/mol. The molecule has 0 aromatic rings. The third-order valence-electron chi connectivity index (χ3n) is 1.78. The van der Waals surface area contributed by atoms with E-state index in [4.69, 9.17) is 5.11 Å². The minimum absolute atomic E-state index is 0.0114. The van der Waals surface area contributed by atoms with Crippen LogP contribution in [0.4, 0.5) is 0 Å². The lowest BCUT2D eigenvalue weighted by molar-refractivity contribution is -0.139. The molecule has 0 spiro atoms. The van der Waals surface area contributed by atoms with E-state index >= 15 is 0 Å². The van der Waals surface area contributed by atoms with Crippen LogP contribution in [-0.4, -0.2) is 22.3 Å². The highest BCUT2D eigenvalue weighted by molar-refractivity contribution is 5.67. The van der Waals surface area contributed by atoms with E-state index in [1.807, 2.05) is 26.0 Å². The molecule has 0 aliphatic carbocycles. The maximum atomic E-state index is 10.2. The van der Waals surface area contributed by atoms with Crippen molar-refractivity contribution in [1.82, 2.24) is 0 Å². The van der Waals surface area contributed by atoms with Crippen LogP contribution in [-0.2, 0) is 4.79 Å². The molecule has 0 aliphatic rings. The molecule has 2 atom stereocenters. The summed E-state index contributed by atoms with van der Waals surface area (Å²) in [6, 6.07) is 0. The van der Waals surface area contributed by atoms with Gasteiger partial charge in [0.05, 0.1) is 12.5 Å². The Hall–Kier alpha value is -0.830. The van der Waals surface area contributed by atoms with Crippen molar-refractivity contribution in [2.45, 2.75) is 32.8 Å². The highest BCUT2D eigenvalue weighted by Gasteiger charge is 2.15. The summed E-state index contributed by atoms with van der Waals surface area (Å²) in [6.45, 7) is 3.74. The second-order valence-electron chi connectivity index (χ2n) is 2.95. The van der Waals surface area contributed by atoms with Crippen molar-refractivity contribution >= 4 is 5.97 Å². The average molecular weight is 172 g/mol. The van der Waals surface area contributed by atoms with E-state index in [2.05, 4.69) is 0 Å². The van der Waals surface area contributed by atoms with Crippen LogP contribution >= 0.6 is 0 Å². The van der Waals surface area contributed by atoms with E-state index in [1.165, 1.54) is 0 Å². The SMILES string of the molecule is C/C=C/C[C@@H](C)[C@H](O)CC(=O)O. The molecule has 0 heterocycles. The van der Waals surface area contributed by atoms with Gasteiger partial charge < -0.3 is 10.2 Å². The number of aliphatic hydroxyl groups is 1. The first kappa shape index (κ1) is 11.2. The smallest absolute Gasteiger partial charge is 0.305 e. The summed E-state index contributed by atoms with van der Waals surface area (Å²) >= 11 is 0. The van der Waals surface area contributed by atoms with E-state index < -0.39 is 12.1 Å². The minimum atomic E-state index is -0.949. The molecule has 3 nitrogen and oxygen atoms in total. The molecule has 0 saturated carbocycles.